The van der Waals surface area contributed by atoms with E-state index in [1.165, 1.54) is 0 Å². The van der Waals surface area contributed by atoms with Gasteiger partial charge in [0.1, 0.15) is 0 Å². The SMILES string of the molecule is [N-]=[N+]=NCC1CC(=O)N(Cc2ccncc2)C1. The zero-order chi connectivity index (χ0) is 12.1. The second-order valence-corrected chi connectivity index (χ2v) is 4.11. The van der Waals surface area contributed by atoms with Gasteiger partial charge in [0, 0.05) is 43.4 Å². The fourth-order valence-corrected chi connectivity index (χ4v) is 1.99. The lowest BCUT2D eigenvalue weighted by Gasteiger charge is -2.16. The number of likely N-dealkylation sites (tertiary alicyclic amines) is 1. The molecule has 1 saturated heterocycles. The number of azide groups is 1. The summed E-state index contributed by atoms with van der Waals surface area (Å²) in [6.07, 6.45) is 3.91. The van der Waals surface area contributed by atoms with Gasteiger partial charge in [0.15, 0.2) is 0 Å². The number of amides is 1. The van der Waals surface area contributed by atoms with Crippen LogP contribution in [-0.4, -0.2) is 28.9 Å². The van der Waals surface area contributed by atoms with Crippen LogP contribution < -0.4 is 0 Å². The quantitative estimate of drug-likeness (QED) is 0.449. The highest BCUT2D eigenvalue weighted by Crippen LogP contribution is 2.20. The zero-order valence-electron chi connectivity index (χ0n) is 9.36. The third kappa shape index (κ3) is 2.95. The van der Waals surface area contributed by atoms with Crippen molar-refractivity contribution >= 4 is 5.91 Å². The maximum Gasteiger partial charge on any atom is 0.223 e. The van der Waals surface area contributed by atoms with Gasteiger partial charge in [0.2, 0.25) is 5.91 Å². The van der Waals surface area contributed by atoms with E-state index >= 15 is 0 Å². The summed E-state index contributed by atoms with van der Waals surface area (Å²) in [5, 5.41) is 3.52. The normalized spacial score (nSPS) is 19.2. The third-order valence-electron chi connectivity index (χ3n) is 2.82. The summed E-state index contributed by atoms with van der Waals surface area (Å²) in [6.45, 7) is 1.67. The monoisotopic (exact) mass is 231 g/mol. The van der Waals surface area contributed by atoms with Gasteiger partial charge in [-0.2, -0.15) is 0 Å². The molecule has 1 aliphatic rings. The van der Waals surface area contributed by atoms with Gasteiger partial charge in [-0.15, -0.1) is 0 Å². The maximum atomic E-state index is 11.7. The van der Waals surface area contributed by atoms with Crippen molar-refractivity contribution in [1.82, 2.24) is 9.88 Å². The van der Waals surface area contributed by atoms with Gasteiger partial charge >= 0.3 is 0 Å². The van der Waals surface area contributed by atoms with E-state index in [1.807, 2.05) is 12.1 Å². The number of rotatable bonds is 4. The van der Waals surface area contributed by atoms with E-state index in [4.69, 9.17) is 5.53 Å². The maximum absolute atomic E-state index is 11.7. The molecule has 1 fully saturated rings. The number of aromatic nitrogens is 1. The Balaban J connectivity index is 1.94. The summed E-state index contributed by atoms with van der Waals surface area (Å²) in [5.41, 5.74) is 9.31. The largest absolute Gasteiger partial charge is 0.338 e. The van der Waals surface area contributed by atoms with Crippen molar-refractivity contribution in [2.75, 3.05) is 13.1 Å². The molecule has 1 unspecified atom stereocenters. The molecule has 0 spiro atoms. The molecule has 6 nitrogen and oxygen atoms in total. The standard InChI is InChI=1S/C11H13N5O/c12-15-14-6-10-5-11(17)16(8-10)7-9-1-3-13-4-2-9/h1-4,10H,5-8H2. The molecule has 0 N–H and O–H groups in total. The van der Waals surface area contributed by atoms with Crippen molar-refractivity contribution in [1.29, 1.82) is 0 Å². The summed E-state index contributed by atoms with van der Waals surface area (Å²) >= 11 is 0. The Bertz CT molecular complexity index is 440. The smallest absolute Gasteiger partial charge is 0.223 e. The molecule has 0 bridgehead atoms. The number of carbonyl (C=O) groups excluding carboxylic acids is 1. The number of hydrogen-bond acceptors (Lipinski definition) is 3. The average molecular weight is 231 g/mol. The Hall–Kier alpha value is -2.07. The van der Waals surface area contributed by atoms with Gasteiger partial charge in [-0.1, -0.05) is 5.11 Å². The molecule has 0 aromatic carbocycles. The highest BCUT2D eigenvalue weighted by molar-refractivity contribution is 5.78. The van der Waals surface area contributed by atoms with Crippen LogP contribution in [0.4, 0.5) is 0 Å². The Morgan fingerprint density at radius 3 is 3.00 bits per heavy atom. The summed E-state index contributed by atoms with van der Waals surface area (Å²) in [7, 11) is 0. The molecule has 1 aromatic heterocycles. The molecule has 17 heavy (non-hydrogen) atoms. The Labute approximate surface area is 98.9 Å². The number of pyridine rings is 1. The Morgan fingerprint density at radius 1 is 1.53 bits per heavy atom. The van der Waals surface area contributed by atoms with E-state index in [-0.39, 0.29) is 11.8 Å². The van der Waals surface area contributed by atoms with Crippen molar-refractivity contribution in [2.45, 2.75) is 13.0 Å². The van der Waals surface area contributed by atoms with Crippen LogP contribution in [-0.2, 0) is 11.3 Å². The first-order valence-electron chi connectivity index (χ1n) is 5.47. The first kappa shape index (κ1) is 11.4. The Kier molecular flexibility index (Phi) is 3.57. The van der Waals surface area contributed by atoms with Crippen LogP contribution in [0.2, 0.25) is 0 Å². The first-order chi connectivity index (χ1) is 8.29. The van der Waals surface area contributed by atoms with Crippen molar-refractivity contribution < 1.29 is 4.79 Å². The first-order valence-corrected chi connectivity index (χ1v) is 5.47. The van der Waals surface area contributed by atoms with Crippen molar-refractivity contribution in [3.05, 3.63) is 40.5 Å². The van der Waals surface area contributed by atoms with Crippen LogP contribution in [0.25, 0.3) is 10.4 Å². The van der Waals surface area contributed by atoms with Crippen LogP contribution in [0.15, 0.2) is 29.6 Å². The second-order valence-electron chi connectivity index (χ2n) is 4.11. The molecule has 0 radical (unpaired) electrons. The van der Waals surface area contributed by atoms with E-state index in [9.17, 15) is 4.79 Å². The van der Waals surface area contributed by atoms with E-state index < -0.39 is 0 Å². The van der Waals surface area contributed by atoms with Gasteiger partial charge < -0.3 is 4.90 Å². The van der Waals surface area contributed by atoms with Gasteiger partial charge in [-0.3, -0.25) is 9.78 Å². The number of carbonyl (C=O) groups is 1. The van der Waals surface area contributed by atoms with E-state index in [2.05, 4.69) is 15.0 Å². The summed E-state index contributed by atoms with van der Waals surface area (Å²) in [6, 6.07) is 3.79. The molecule has 2 heterocycles. The van der Waals surface area contributed by atoms with Gasteiger partial charge in [-0.05, 0) is 29.1 Å². The molecule has 1 atom stereocenters. The minimum atomic E-state index is 0.125. The minimum Gasteiger partial charge on any atom is -0.338 e. The minimum absolute atomic E-state index is 0.125. The topological polar surface area (TPSA) is 82.0 Å². The van der Waals surface area contributed by atoms with Crippen LogP contribution >= 0.6 is 0 Å². The molecule has 1 aliphatic heterocycles. The molecule has 0 aliphatic carbocycles. The Morgan fingerprint density at radius 2 is 2.29 bits per heavy atom. The lowest BCUT2D eigenvalue weighted by atomic mass is 10.1. The lowest BCUT2D eigenvalue weighted by Crippen LogP contribution is -2.24. The van der Waals surface area contributed by atoms with Crippen molar-refractivity contribution in [2.24, 2.45) is 11.0 Å². The summed E-state index contributed by atoms with van der Waals surface area (Å²) in [4.78, 5) is 20.2. The van der Waals surface area contributed by atoms with Gasteiger partial charge in [-0.25, -0.2) is 0 Å². The van der Waals surface area contributed by atoms with Crippen LogP contribution in [0.5, 0.6) is 0 Å². The molecule has 6 heteroatoms. The zero-order valence-corrected chi connectivity index (χ0v) is 9.36. The predicted molar refractivity (Wildman–Crippen MR) is 61.8 cm³/mol. The molecular weight excluding hydrogens is 218 g/mol. The molecule has 1 aromatic rings. The average Bonchev–Trinajstić information content (AvgIpc) is 2.69. The third-order valence-corrected chi connectivity index (χ3v) is 2.82. The van der Waals surface area contributed by atoms with E-state index in [0.29, 0.717) is 26.1 Å². The fraction of sp³-hybridized carbons (Fsp3) is 0.455. The highest BCUT2D eigenvalue weighted by atomic mass is 16.2. The van der Waals surface area contributed by atoms with E-state index in [1.54, 1.807) is 17.3 Å². The number of nitrogens with zero attached hydrogens (tertiary/aromatic N) is 5. The lowest BCUT2D eigenvalue weighted by molar-refractivity contribution is -0.128. The number of hydrogen-bond donors (Lipinski definition) is 0. The second kappa shape index (κ2) is 5.32. The van der Waals surface area contributed by atoms with Crippen molar-refractivity contribution in [3.63, 3.8) is 0 Å². The van der Waals surface area contributed by atoms with Crippen LogP contribution in [0.3, 0.4) is 0 Å². The summed E-state index contributed by atoms with van der Waals surface area (Å²) in [5.74, 6) is 0.278. The van der Waals surface area contributed by atoms with Crippen LogP contribution in [0.1, 0.15) is 12.0 Å². The van der Waals surface area contributed by atoms with Gasteiger partial charge in [0.05, 0.1) is 0 Å². The van der Waals surface area contributed by atoms with Gasteiger partial charge in [0.25, 0.3) is 0 Å². The highest BCUT2D eigenvalue weighted by Gasteiger charge is 2.28. The molecule has 2 rings (SSSR count). The summed E-state index contributed by atoms with van der Waals surface area (Å²) < 4.78 is 0. The molecule has 88 valence electrons. The molecular formula is C11H13N5O. The fourth-order valence-electron chi connectivity index (χ4n) is 1.99. The van der Waals surface area contributed by atoms with Crippen molar-refractivity contribution in [3.8, 4) is 0 Å². The molecule has 1 amide bonds. The molecule has 0 saturated carbocycles. The van der Waals surface area contributed by atoms with E-state index in [0.717, 1.165) is 5.56 Å². The van der Waals surface area contributed by atoms with Crippen LogP contribution in [0, 0.1) is 5.92 Å². The predicted octanol–water partition coefficient (Wildman–Crippen LogP) is 1.74.